The standard InChI is InChI=1S/C22H22F7N5O2S/c1-18(8-20(23,24)9-18)10-34-15(17(35)32-12-3-4-31-13(5-12)37(2,30)36)14(22(27,28)29)16(33-34)19-6-11(7-19)21(19,25)26/h3-5,11,30H,6-10H2,1-2H3,(H,31,32,35). The number of nitrogens with zero attached hydrogens (tertiary/aromatic N) is 3. The Morgan fingerprint density at radius 2 is 1.86 bits per heavy atom. The zero-order chi connectivity index (χ0) is 27.4. The quantitative estimate of drug-likeness (QED) is 0.473. The van der Waals surface area contributed by atoms with Gasteiger partial charge in [0.15, 0.2) is 0 Å². The first-order valence-corrected chi connectivity index (χ1v) is 13.2. The Bertz CT molecular complexity index is 1400. The van der Waals surface area contributed by atoms with E-state index in [1.54, 1.807) is 0 Å². The first kappa shape index (κ1) is 25.9. The van der Waals surface area contributed by atoms with Crippen LogP contribution < -0.4 is 5.32 Å². The highest BCUT2D eigenvalue weighted by Crippen LogP contribution is 2.74. The van der Waals surface area contributed by atoms with Crippen molar-refractivity contribution in [2.75, 3.05) is 11.6 Å². The molecule has 37 heavy (non-hydrogen) atoms. The molecule has 1 amide bonds. The van der Waals surface area contributed by atoms with E-state index in [-0.39, 0.29) is 23.6 Å². The highest BCUT2D eigenvalue weighted by Gasteiger charge is 2.81. The van der Waals surface area contributed by atoms with Gasteiger partial charge in [-0.25, -0.2) is 31.5 Å². The van der Waals surface area contributed by atoms with Crippen LogP contribution in [0.1, 0.15) is 54.4 Å². The minimum absolute atomic E-state index is 0.142. The molecule has 0 aliphatic heterocycles. The van der Waals surface area contributed by atoms with Crippen LogP contribution in [0.4, 0.5) is 36.4 Å². The summed E-state index contributed by atoms with van der Waals surface area (Å²) in [6.07, 6.45) is -4.87. The van der Waals surface area contributed by atoms with Crippen molar-refractivity contribution < 1.29 is 39.7 Å². The van der Waals surface area contributed by atoms with Gasteiger partial charge in [-0.05, 0) is 30.4 Å². The van der Waals surface area contributed by atoms with Gasteiger partial charge in [-0.1, -0.05) is 6.92 Å². The van der Waals surface area contributed by atoms with E-state index in [9.17, 15) is 39.7 Å². The van der Waals surface area contributed by atoms with E-state index in [1.165, 1.54) is 13.0 Å². The normalized spacial score (nSPS) is 28.3. The van der Waals surface area contributed by atoms with Crippen molar-refractivity contribution in [1.82, 2.24) is 14.8 Å². The number of carbonyl (C=O) groups excluding carboxylic acids is 1. The monoisotopic (exact) mass is 553 g/mol. The predicted octanol–water partition coefficient (Wildman–Crippen LogP) is 5.32. The number of nitrogens with one attached hydrogen (secondary N) is 2. The largest absolute Gasteiger partial charge is 0.420 e. The zero-order valence-electron chi connectivity index (χ0n) is 19.6. The third-order valence-electron chi connectivity index (χ3n) is 7.54. The van der Waals surface area contributed by atoms with Crippen LogP contribution in [-0.4, -0.2) is 43.0 Å². The zero-order valence-corrected chi connectivity index (χ0v) is 20.4. The van der Waals surface area contributed by atoms with Gasteiger partial charge in [0.05, 0.1) is 20.8 Å². The average molecular weight is 554 g/mol. The second-order valence-corrected chi connectivity index (χ2v) is 12.8. The van der Waals surface area contributed by atoms with Crippen molar-refractivity contribution in [2.24, 2.45) is 11.3 Å². The number of amides is 1. The molecule has 0 radical (unpaired) electrons. The molecule has 4 aliphatic carbocycles. The Balaban J connectivity index is 1.61. The lowest BCUT2D eigenvalue weighted by molar-refractivity contribution is -0.305. The van der Waals surface area contributed by atoms with Crippen molar-refractivity contribution >= 4 is 21.3 Å². The molecule has 0 aromatic carbocycles. The van der Waals surface area contributed by atoms with Crippen LogP contribution in [0.15, 0.2) is 23.4 Å². The fraction of sp³-hybridized carbons (Fsp3) is 0.591. The van der Waals surface area contributed by atoms with Crippen LogP contribution in [0.2, 0.25) is 0 Å². The summed E-state index contributed by atoms with van der Waals surface area (Å²) in [6, 6.07) is 2.23. The molecule has 1 atom stereocenters. The van der Waals surface area contributed by atoms with E-state index < -0.39 is 86.7 Å². The first-order valence-electron chi connectivity index (χ1n) is 11.2. The number of rotatable bonds is 6. The summed E-state index contributed by atoms with van der Waals surface area (Å²) in [7, 11) is -3.33. The smallest absolute Gasteiger partial charge is 0.320 e. The summed E-state index contributed by atoms with van der Waals surface area (Å²) in [5.41, 5.74) is -7.17. The van der Waals surface area contributed by atoms with Gasteiger partial charge in [0.1, 0.15) is 16.3 Å². The van der Waals surface area contributed by atoms with Gasteiger partial charge in [0, 0.05) is 43.4 Å². The van der Waals surface area contributed by atoms with Gasteiger partial charge in [-0.3, -0.25) is 9.48 Å². The SMILES string of the molecule is CC1(Cn2nc(C34CC(C3)C4(F)F)c(C(F)(F)F)c2C(=O)Nc2ccnc(S(C)(=N)=O)c2)CC(F)(F)C1. The topological polar surface area (TPSA) is 101 Å². The first-order chi connectivity index (χ1) is 16.8. The lowest BCUT2D eigenvalue weighted by Crippen LogP contribution is -2.74. The van der Waals surface area contributed by atoms with Crippen LogP contribution in [-0.2, 0) is 27.9 Å². The van der Waals surface area contributed by atoms with E-state index in [0.717, 1.165) is 18.5 Å². The summed E-state index contributed by atoms with van der Waals surface area (Å²) in [5, 5.41) is 5.83. The van der Waals surface area contributed by atoms with Gasteiger partial charge in [-0.15, -0.1) is 0 Å². The highest BCUT2D eigenvalue weighted by atomic mass is 32.2. The molecule has 4 aliphatic rings. The number of anilines is 1. The Morgan fingerprint density at radius 3 is 2.32 bits per heavy atom. The minimum Gasteiger partial charge on any atom is -0.320 e. The fourth-order valence-corrected chi connectivity index (χ4v) is 6.38. The highest BCUT2D eigenvalue weighted by molar-refractivity contribution is 7.91. The molecule has 0 spiro atoms. The average Bonchev–Trinajstić information content (AvgIpc) is 3.03. The third kappa shape index (κ3) is 3.91. The van der Waals surface area contributed by atoms with Crippen LogP contribution in [0.3, 0.4) is 0 Å². The third-order valence-corrected chi connectivity index (χ3v) is 8.56. The number of hydrogen-bond donors (Lipinski definition) is 2. The predicted molar refractivity (Wildman–Crippen MR) is 116 cm³/mol. The summed E-state index contributed by atoms with van der Waals surface area (Å²) in [5.74, 6) is -8.89. The molecule has 2 heterocycles. The minimum atomic E-state index is -5.25. The molecule has 2 aromatic heterocycles. The van der Waals surface area contributed by atoms with Crippen molar-refractivity contribution in [1.29, 1.82) is 4.78 Å². The lowest BCUT2D eigenvalue weighted by atomic mass is 9.40. The van der Waals surface area contributed by atoms with Crippen molar-refractivity contribution in [3.8, 4) is 0 Å². The molecule has 15 heteroatoms. The van der Waals surface area contributed by atoms with Crippen molar-refractivity contribution in [3.63, 3.8) is 0 Å². The second kappa shape index (κ2) is 7.44. The van der Waals surface area contributed by atoms with Crippen LogP contribution in [0, 0.1) is 16.1 Å². The van der Waals surface area contributed by atoms with Gasteiger partial charge < -0.3 is 5.32 Å². The van der Waals surface area contributed by atoms with Gasteiger partial charge in [-0.2, -0.15) is 18.3 Å². The number of carbonyl (C=O) groups is 1. The van der Waals surface area contributed by atoms with Crippen LogP contribution in [0.5, 0.6) is 0 Å². The molecule has 2 N–H and O–H groups in total. The number of aromatic nitrogens is 3. The number of pyridine rings is 1. The molecular weight excluding hydrogens is 531 g/mol. The summed E-state index contributed by atoms with van der Waals surface area (Å²) in [6.45, 7) is 0.883. The van der Waals surface area contributed by atoms with Crippen molar-refractivity contribution in [2.45, 2.75) is 67.6 Å². The molecule has 2 aromatic rings. The maximum atomic E-state index is 14.6. The Labute approximate surface area is 206 Å². The number of alkyl halides is 7. The molecule has 4 saturated carbocycles. The second-order valence-electron chi connectivity index (χ2n) is 10.7. The van der Waals surface area contributed by atoms with Gasteiger partial charge in [0.25, 0.3) is 11.8 Å². The molecule has 0 saturated heterocycles. The van der Waals surface area contributed by atoms with E-state index in [4.69, 9.17) is 4.78 Å². The van der Waals surface area contributed by atoms with E-state index in [0.29, 0.717) is 4.68 Å². The molecule has 6 rings (SSSR count). The molecule has 7 nitrogen and oxygen atoms in total. The van der Waals surface area contributed by atoms with E-state index in [2.05, 4.69) is 15.4 Å². The van der Waals surface area contributed by atoms with Gasteiger partial charge >= 0.3 is 6.18 Å². The van der Waals surface area contributed by atoms with E-state index >= 15 is 0 Å². The summed E-state index contributed by atoms with van der Waals surface area (Å²) >= 11 is 0. The molecular formula is C22H22F7N5O2S. The molecule has 1 unspecified atom stereocenters. The Morgan fingerprint density at radius 1 is 1.24 bits per heavy atom. The van der Waals surface area contributed by atoms with E-state index in [1.807, 2.05) is 0 Å². The maximum absolute atomic E-state index is 14.6. The summed E-state index contributed by atoms with van der Waals surface area (Å²) < 4.78 is 120. The summed E-state index contributed by atoms with van der Waals surface area (Å²) in [4.78, 5) is 17.0. The lowest BCUT2D eigenvalue weighted by Gasteiger charge is -2.66. The van der Waals surface area contributed by atoms with Crippen LogP contribution in [0.25, 0.3) is 0 Å². The Hall–Kier alpha value is -2.71. The van der Waals surface area contributed by atoms with Crippen LogP contribution >= 0.6 is 0 Å². The number of halogens is 7. The molecule has 2 bridgehead atoms. The van der Waals surface area contributed by atoms with Gasteiger partial charge in [0.2, 0.25) is 5.92 Å². The maximum Gasteiger partial charge on any atom is 0.420 e. The number of hydrogen-bond acceptors (Lipinski definition) is 5. The molecule has 4 fully saturated rings. The fourth-order valence-electron chi connectivity index (χ4n) is 5.76. The molecule has 202 valence electrons. The van der Waals surface area contributed by atoms with Crippen molar-refractivity contribution in [3.05, 3.63) is 35.3 Å². The Kier molecular flexibility index (Phi) is 5.21.